The van der Waals surface area contributed by atoms with Crippen molar-refractivity contribution in [2.45, 2.75) is 70.9 Å². The highest BCUT2D eigenvalue weighted by Gasteiger charge is 2.32. The van der Waals surface area contributed by atoms with E-state index in [-0.39, 0.29) is 51.8 Å². The number of benzene rings is 1. The van der Waals surface area contributed by atoms with E-state index in [0.29, 0.717) is 62.2 Å². The number of hydrogen-bond acceptors (Lipinski definition) is 8. The lowest BCUT2D eigenvalue weighted by Crippen LogP contribution is -2.39. The van der Waals surface area contributed by atoms with Crippen LogP contribution in [0, 0.1) is 23.5 Å². The third kappa shape index (κ3) is 8.34. The Balaban J connectivity index is 1.22. The summed E-state index contributed by atoms with van der Waals surface area (Å²) in [6.45, 7) is 5.94. The minimum absolute atomic E-state index is 0.00763. The van der Waals surface area contributed by atoms with Gasteiger partial charge in [0.2, 0.25) is 5.91 Å². The molecule has 11 nitrogen and oxygen atoms in total. The number of ether oxygens (including phenoxy) is 2. The van der Waals surface area contributed by atoms with Gasteiger partial charge in [-0.2, -0.15) is 5.10 Å². The number of esters is 1. The molecule has 5 rings (SSSR count). The molecule has 47 heavy (non-hydrogen) atoms. The molecule has 1 saturated heterocycles. The number of carbonyl (C=O) groups excluding carboxylic acids is 4. The van der Waals surface area contributed by atoms with E-state index in [1.807, 2.05) is 0 Å². The maximum absolute atomic E-state index is 14.7. The number of methoxy groups -OCH3 is 1. The summed E-state index contributed by atoms with van der Waals surface area (Å²) in [4.78, 5) is 53.3. The zero-order chi connectivity index (χ0) is 33.9. The number of nitrogens with zero attached hydrogens (tertiary/aromatic N) is 3. The van der Waals surface area contributed by atoms with Crippen molar-refractivity contribution in [3.05, 3.63) is 53.2 Å². The predicted octanol–water partition coefficient (Wildman–Crippen LogP) is 6.63. The second kappa shape index (κ2) is 14.2. The fraction of sp³-hybridized carbons (Fsp3) is 0.485. The van der Waals surface area contributed by atoms with E-state index < -0.39 is 23.3 Å². The van der Waals surface area contributed by atoms with Gasteiger partial charge in [0.15, 0.2) is 0 Å². The maximum Gasteiger partial charge on any atom is 0.412 e. The number of rotatable bonds is 7. The minimum atomic E-state index is -0.782. The van der Waals surface area contributed by atoms with Crippen molar-refractivity contribution in [2.24, 2.45) is 11.8 Å². The van der Waals surface area contributed by atoms with Gasteiger partial charge in [-0.3, -0.25) is 24.4 Å². The smallest absolute Gasteiger partial charge is 0.412 e. The van der Waals surface area contributed by atoms with Gasteiger partial charge in [0, 0.05) is 41.7 Å². The molecule has 2 fully saturated rings. The van der Waals surface area contributed by atoms with Crippen LogP contribution in [0.25, 0.3) is 10.4 Å². The van der Waals surface area contributed by atoms with Crippen LogP contribution in [0.15, 0.2) is 36.7 Å². The van der Waals surface area contributed by atoms with Crippen molar-refractivity contribution in [3.63, 3.8) is 0 Å². The van der Waals surface area contributed by atoms with E-state index in [2.05, 4.69) is 15.7 Å². The van der Waals surface area contributed by atoms with Crippen molar-refractivity contribution in [2.75, 3.05) is 30.8 Å². The molecule has 0 bridgehead atoms. The van der Waals surface area contributed by atoms with Gasteiger partial charge in [-0.25, -0.2) is 13.6 Å². The molecule has 0 unspecified atom stereocenters. The fourth-order valence-electron chi connectivity index (χ4n) is 5.96. The number of likely N-dealkylation sites (tertiary alicyclic amines) is 1. The highest BCUT2D eigenvalue weighted by molar-refractivity contribution is 7.18. The first-order valence-corrected chi connectivity index (χ1v) is 16.4. The normalized spacial score (nSPS) is 18.8. The largest absolute Gasteiger partial charge is 0.469 e. The third-order valence-electron chi connectivity index (χ3n) is 8.39. The number of halogens is 2. The molecule has 2 N–H and O–H groups in total. The van der Waals surface area contributed by atoms with Gasteiger partial charge in [0.1, 0.15) is 22.1 Å². The fourth-order valence-corrected chi connectivity index (χ4v) is 7.07. The molecule has 1 aliphatic heterocycles. The monoisotopic (exact) mass is 671 g/mol. The Kier molecular flexibility index (Phi) is 10.3. The van der Waals surface area contributed by atoms with E-state index in [1.54, 1.807) is 42.7 Å². The SMILES string of the molecule is COC(=O)C1CCC(C(=O)Nc2cnn(C3CCN(C(=O)c4sc(-c5ccc(F)cc5F)cc4NC(=O)OC(C)(C)C)CC3)c2)CC1. The molecule has 0 spiro atoms. The van der Waals surface area contributed by atoms with Crippen molar-refractivity contribution < 1.29 is 37.4 Å². The Hall–Kier alpha value is -4.33. The number of piperidine rings is 1. The number of carbonyl (C=O) groups is 4. The van der Waals surface area contributed by atoms with Crippen LogP contribution in [0.4, 0.5) is 25.0 Å². The molecule has 252 valence electrons. The Labute approximate surface area is 275 Å². The highest BCUT2D eigenvalue weighted by Crippen LogP contribution is 2.38. The summed E-state index contributed by atoms with van der Waals surface area (Å²) in [6, 6.07) is 4.69. The van der Waals surface area contributed by atoms with Crippen LogP contribution >= 0.6 is 11.3 Å². The molecular formula is C33H39F2N5O6S. The van der Waals surface area contributed by atoms with Crippen molar-refractivity contribution in [1.29, 1.82) is 0 Å². The number of nitrogens with one attached hydrogen (secondary N) is 2. The molecule has 3 aromatic rings. The van der Waals surface area contributed by atoms with Gasteiger partial charge >= 0.3 is 12.1 Å². The molecule has 3 amide bonds. The Morgan fingerprint density at radius 3 is 2.28 bits per heavy atom. The summed E-state index contributed by atoms with van der Waals surface area (Å²) in [5.74, 6) is -2.49. The summed E-state index contributed by atoms with van der Waals surface area (Å²) >= 11 is 1.01. The van der Waals surface area contributed by atoms with Gasteiger partial charge in [-0.1, -0.05) is 0 Å². The van der Waals surface area contributed by atoms with Crippen LogP contribution in [0.1, 0.15) is 75.0 Å². The lowest BCUT2D eigenvalue weighted by atomic mass is 9.81. The number of anilines is 2. The van der Waals surface area contributed by atoms with Crippen LogP contribution in [0.5, 0.6) is 0 Å². The summed E-state index contributed by atoms with van der Waals surface area (Å²) in [7, 11) is 1.38. The predicted molar refractivity (Wildman–Crippen MR) is 172 cm³/mol. The summed E-state index contributed by atoms with van der Waals surface area (Å²) in [5, 5.41) is 10.0. The molecule has 2 aromatic heterocycles. The lowest BCUT2D eigenvalue weighted by Gasteiger charge is -2.32. The first-order chi connectivity index (χ1) is 22.3. The van der Waals surface area contributed by atoms with Crippen LogP contribution in [0.3, 0.4) is 0 Å². The molecule has 2 aliphatic rings. The highest BCUT2D eigenvalue weighted by atomic mass is 32.1. The molecule has 1 aromatic carbocycles. The van der Waals surface area contributed by atoms with E-state index >= 15 is 0 Å². The minimum Gasteiger partial charge on any atom is -0.469 e. The number of thiophene rings is 1. The topological polar surface area (TPSA) is 132 Å². The molecule has 3 heterocycles. The van der Waals surface area contributed by atoms with E-state index in [1.165, 1.54) is 19.2 Å². The maximum atomic E-state index is 14.7. The molecule has 0 atom stereocenters. The van der Waals surface area contributed by atoms with Crippen LogP contribution < -0.4 is 10.6 Å². The molecule has 1 aliphatic carbocycles. The standard InChI is InChI=1S/C33H39F2N5O6S/c1-33(2,3)46-32(44)38-26-16-27(24-10-9-21(34)15-25(24)35)47-28(26)30(42)39-13-11-23(12-14-39)40-18-22(17-36-40)37-29(41)19-5-7-20(8-6-19)31(43)45-4/h9-10,15-20,23H,5-8,11-14H2,1-4H3,(H,37,41)(H,38,44). The van der Waals surface area contributed by atoms with Crippen molar-refractivity contribution >= 4 is 46.6 Å². The first-order valence-electron chi connectivity index (χ1n) is 15.6. The third-order valence-corrected chi connectivity index (χ3v) is 9.54. The second-order valence-corrected chi connectivity index (χ2v) is 14.0. The summed E-state index contributed by atoms with van der Waals surface area (Å²) < 4.78 is 40.2. The van der Waals surface area contributed by atoms with Gasteiger partial charge in [-0.05, 0) is 77.5 Å². The lowest BCUT2D eigenvalue weighted by molar-refractivity contribution is -0.147. The average molecular weight is 672 g/mol. The zero-order valence-corrected chi connectivity index (χ0v) is 27.6. The quantitative estimate of drug-likeness (QED) is 0.270. The number of aromatic nitrogens is 2. The van der Waals surface area contributed by atoms with Crippen LogP contribution in [-0.2, 0) is 19.1 Å². The van der Waals surface area contributed by atoms with E-state index in [0.717, 1.165) is 23.5 Å². The van der Waals surface area contributed by atoms with Gasteiger partial charge in [-0.15, -0.1) is 11.3 Å². The average Bonchev–Trinajstić information content (AvgIpc) is 3.66. The number of amides is 3. The Morgan fingerprint density at radius 2 is 1.64 bits per heavy atom. The summed E-state index contributed by atoms with van der Waals surface area (Å²) in [6.07, 6.45) is 6.29. The summed E-state index contributed by atoms with van der Waals surface area (Å²) in [5.41, 5.74) is 0.0946. The Bertz CT molecular complexity index is 1630. The zero-order valence-electron chi connectivity index (χ0n) is 26.8. The van der Waals surface area contributed by atoms with Gasteiger partial charge in [0.25, 0.3) is 5.91 Å². The van der Waals surface area contributed by atoms with Crippen molar-refractivity contribution in [3.8, 4) is 10.4 Å². The van der Waals surface area contributed by atoms with Crippen molar-refractivity contribution in [1.82, 2.24) is 14.7 Å². The second-order valence-electron chi connectivity index (χ2n) is 12.9. The molecule has 1 saturated carbocycles. The van der Waals surface area contributed by atoms with Gasteiger partial charge in [0.05, 0.1) is 36.6 Å². The first kappa shape index (κ1) is 34.0. The van der Waals surface area contributed by atoms with Crippen LogP contribution in [-0.4, -0.2) is 64.4 Å². The molecular weight excluding hydrogens is 632 g/mol. The van der Waals surface area contributed by atoms with E-state index in [4.69, 9.17) is 9.47 Å². The van der Waals surface area contributed by atoms with Crippen LogP contribution in [0.2, 0.25) is 0 Å². The molecule has 14 heteroatoms. The van der Waals surface area contributed by atoms with E-state index in [9.17, 15) is 28.0 Å². The number of hydrogen-bond donors (Lipinski definition) is 2. The Morgan fingerprint density at radius 1 is 0.957 bits per heavy atom. The molecule has 0 radical (unpaired) electrons. The van der Waals surface area contributed by atoms with Gasteiger partial charge < -0.3 is 19.7 Å².